The van der Waals surface area contributed by atoms with E-state index in [1.807, 2.05) is 23.1 Å². The smallest absolute Gasteiger partial charge is 0.293 e. The van der Waals surface area contributed by atoms with Gasteiger partial charge >= 0.3 is 0 Å². The lowest BCUT2D eigenvalue weighted by atomic mass is 9.67. The first-order valence-corrected chi connectivity index (χ1v) is 14.8. The molecule has 3 aromatic rings. The van der Waals surface area contributed by atoms with Crippen LogP contribution in [0.2, 0.25) is 0 Å². The number of ether oxygens (including phenoxy) is 2. The molecule has 0 amide bonds. The molecule has 1 unspecified atom stereocenters. The van der Waals surface area contributed by atoms with Crippen LogP contribution in [-0.2, 0) is 14.3 Å². The fourth-order valence-corrected chi connectivity index (χ4v) is 7.17. The molecular formula is C33H36N4O5. The number of allylic oxidation sites excluding steroid dienone is 1. The Kier molecular flexibility index (Phi) is 6.66. The molecule has 9 nitrogen and oxygen atoms in total. The average molecular weight is 569 g/mol. The van der Waals surface area contributed by atoms with Gasteiger partial charge in [-0.05, 0) is 40.3 Å². The van der Waals surface area contributed by atoms with Gasteiger partial charge < -0.3 is 24.6 Å². The summed E-state index contributed by atoms with van der Waals surface area (Å²) in [5.41, 5.74) is 5.97. The van der Waals surface area contributed by atoms with Crippen molar-refractivity contribution in [3.63, 3.8) is 0 Å². The minimum atomic E-state index is -0.507. The Hall–Kier alpha value is -3.95. The molecule has 0 saturated carbocycles. The number of nitrogens with zero attached hydrogens (tertiary/aromatic N) is 3. The quantitative estimate of drug-likeness (QED) is 0.315. The Morgan fingerprint density at radius 1 is 0.905 bits per heavy atom. The van der Waals surface area contributed by atoms with Crippen LogP contribution in [0, 0.1) is 15.5 Å². The molecule has 0 bridgehead atoms. The summed E-state index contributed by atoms with van der Waals surface area (Å²) in [7, 11) is 0. The Bertz CT molecular complexity index is 1620. The number of nitro groups is 1. The van der Waals surface area contributed by atoms with Crippen LogP contribution in [0.1, 0.15) is 43.9 Å². The third-order valence-electron chi connectivity index (χ3n) is 9.07. The van der Waals surface area contributed by atoms with Crippen molar-refractivity contribution in [1.29, 1.82) is 0 Å². The van der Waals surface area contributed by atoms with Crippen LogP contribution >= 0.6 is 0 Å². The van der Waals surface area contributed by atoms with E-state index in [0.29, 0.717) is 64.7 Å². The maximum Gasteiger partial charge on any atom is 0.293 e. The molecular weight excluding hydrogens is 532 g/mol. The van der Waals surface area contributed by atoms with Crippen LogP contribution in [-0.4, -0.2) is 63.3 Å². The molecule has 1 atom stereocenters. The Morgan fingerprint density at radius 2 is 1.57 bits per heavy atom. The molecule has 1 N–H and O–H groups in total. The van der Waals surface area contributed by atoms with E-state index in [1.54, 1.807) is 6.07 Å². The second kappa shape index (κ2) is 10.4. The molecule has 4 aliphatic rings. The fraction of sp³-hybridized carbons (Fsp3) is 0.424. The summed E-state index contributed by atoms with van der Waals surface area (Å²) in [6.45, 7) is 9.05. The molecule has 2 fully saturated rings. The van der Waals surface area contributed by atoms with Gasteiger partial charge in [0, 0.05) is 66.7 Å². The minimum Gasteiger partial charge on any atom is -0.378 e. The van der Waals surface area contributed by atoms with E-state index in [2.05, 4.69) is 48.3 Å². The standard InChI is InChI=1S/C33H36N4O5/c1-33(2)19-24-30-22-6-4-3-5-21(22)7-8-25(30)34-32(31(24)29(38)20-33)23-17-28(37(39)40)27(36-11-15-42-16-12-36)18-26(23)35-9-13-41-14-10-35/h3-8,17-18,32,34H,9-16,19-20H2,1-2H3. The fourth-order valence-electron chi connectivity index (χ4n) is 7.17. The number of fused-ring (bicyclic) bond motifs is 4. The van der Waals surface area contributed by atoms with E-state index >= 15 is 0 Å². The molecule has 2 saturated heterocycles. The van der Waals surface area contributed by atoms with Crippen molar-refractivity contribution in [2.24, 2.45) is 5.41 Å². The number of nitro benzene ring substituents is 1. The van der Waals surface area contributed by atoms with Gasteiger partial charge in [0.2, 0.25) is 0 Å². The van der Waals surface area contributed by atoms with Crippen LogP contribution in [0.3, 0.4) is 0 Å². The van der Waals surface area contributed by atoms with Crippen LogP contribution in [0.15, 0.2) is 54.1 Å². The first-order valence-electron chi connectivity index (χ1n) is 14.8. The zero-order valence-corrected chi connectivity index (χ0v) is 24.2. The number of carbonyl (C=O) groups is 1. The Morgan fingerprint density at radius 3 is 2.26 bits per heavy atom. The maximum absolute atomic E-state index is 14.1. The first-order chi connectivity index (χ1) is 20.3. The molecule has 218 valence electrons. The van der Waals surface area contributed by atoms with Gasteiger partial charge in [0.05, 0.1) is 37.4 Å². The highest BCUT2D eigenvalue weighted by atomic mass is 16.6. The monoisotopic (exact) mass is 568 g/mol. The number of anilines is 3. The van der Waals surface area contributed by atoms with Gasteiger partial charge in [0.1, 0.15) is 5.69 Å². The number of hydrogen-bond donors (Lipinski definition) is 1. The molecule has 0 spiro atoms. The van der Waals surface area contributed by atoms with Crippen molar-refractivity contribution in [1.82, 2.24) is 0 Å². The van der Waals surface area contributed by atoms with E-state index in [0.717, 1.165) is 50.8 Å². The van der Waals surface area contributed by atoms with Crippen molar-refractivity contribution in [2.75, 3.05) is 67.7 Å². The number of benzene rings is 3. The number of ketones is 1. The zero-order chi connectivity index (χ0) is 29.0. The summed E-state index contributed by atoms with van der Waals surface area (Å²) in [6.07, 6.45) is 1.19. The minimum absolute atomic E-state index is 0.0563. The summed E-state index contributed by atoms with van der Waals surface area (Å²) in [5, 5.41) is 18.5. The molecule has 3 heterocycles. The number of Topliss-reactive ketones (excluding diaryl/α,β-unsaturated/α-hetero) is 1. The van der Waals surface area contributed by atoms with E-state index in [4.69, 9.17) is 9.47 Å². The predicted octanol–water partition coefficient (Wildman–Crippen LogP) is 5.73. The zero-order valence-electron chi connectivity index (χ0n) is 24.2. The molecule has 0 aromatic heterocycles. The highest BCUT2D eigenvalue weighted by Gasteiger charge is 2.42. The number of nitrogens with one attached hydrogen (secondary N) is 1. The molecule has 42 heavy (non-hydrogen) atoms. The van der Waals surface area contributed by atoms with E-state index in [9.17, 15) is 14.9 Å². The van der Waals surface area contributed by atoms with Crippen LogP contribution in [0.5, 0.6) is 0 Å². The SMILES string of the molecule is CC1(C)CC(=O)C2=C(C1)c1c(ccc3ccccc13)NC2c1cc([N+](=O)[O-])c(N2CCOCC2)cc1N1CCOCC1. The highest BCUT2D eigenvalue weighted by molar-refractivity contribution is 6.13. The van der Waals surface area contributed by atoms with Crippen LogP contribution < -0.4 is 15.1 Å². The first kappa shape index (κ1) is 26.9. The van der Waals surface area contributed by atoms with Gasteiger partial charge in [-0.15, -0.1) is 0 Å². The topological polar surface area (TPSA) is 97.2 Å². The van der Waals surface area contributed by atoms with Gasteiger partial charge in [-0.3, -0.25) is 14.9 Å². The van der Waals surface area contributed by atoms with Crippen molar-refractivity contribution < 1.29 is 19.2 Å². The second-order valence-corrected chi connectivity index (χ2v) is 12.5. The normalized spacial score (nSPS) is 22.0. The van der Waals surface area contributed by atoms with Crippen LogP contribution in [0.4, 0.5) is 22.7 Å². The summed E-state index contributed by atoms with van der Waals surface area (Å²) in [4.78, 5) is 30.7. The Balaban J connectivity index is 1.47. The summed E-state index contributed by atoms with van der Waals surface area (Å²) >= 11 is 0. The highest BCUT2D eigenvalue weighted by Crippen LogP contribution is 2.54. The van der Waals surface area contributed by atoms with E-state index < -0.39 is 6.04 Å². The van der Waals surface area contributed by atoms with Crippen LogP contribution in [0.25, 0.3) is 16.3 Å². The molecule has 9 heteroatoms. The average Bonchev–Trinajstić information content (AvgIpc) is 3.00. The largest absolute Gasteiger partial charge is 0.378 e. The van der Waals surface area contributed by atoms with E-state index in [1.165, 1.54) is 0 Å². The second-order valence-electron chi connectivity index (χ2n) is 12.5. The third-order valence-corrected chi connectivity index (χ3v) is 9.07. The van der Waals surface area contributed by atoms with Gasteiger partial charge in [-0.25, -0.2) is 0 Å². The molecule has 3 aliphatic heterocycles. The molecule has 3 aromatic carbocycles. The van der Waals surface area contributed by atoms with Gasteiger partial charge in [-0.2, -0.15) is 0 Å². The predicted molar refractivity (Wildman–Crippen MR) is 164 cm³/mol. The molecule has 0 radical (unpaired) electrons. The number of rotatable bonds is 4. The van der Waals surface area contributed by atoms with Gasteiger partial charge in [0.25, 0.3) is 5.69 Å². The number of hydrogen-bond acceptors (Lipinski definition) is 8. The third kappa shape index (κ3) is 4.61. The van der Waals surface area contributed by atoms with Gasteiger partial charge in [0.15, 0.2) is 5.78 Å². The lowest BCUT2D eigenvalue weighted by Gasteiger charge is -2.41. The summed E-state index contributed by atoms with van der Waals surface area (Å²) < 4.78 is 11.2. The molecule has 7 rings (SSSR count). The van der Waals surface area contributed by atoms with Crippen molar-refractivity contribution in [3.05, 3.63) is 75.3 Å². The summed E-state index contributed by atoms with van der Waals surface area (Å²) in [5.74, 6) is 0.102. The van der Waals surface area contributed by atoms with Crippen molar-refractivity contribution in [3.8, 4) is 0 Å². The number of morpholine rings is 2. The van der Waals surface area contributed by atoms with Crippen molar-refractivity contribution in [2.45, 2.75) is 32.7 Å². The van der Waals surface area contributed by atoms with E-state index in [-0.39, 0.29) is 21.8 Å². The number of carbonyl (C=O) groups excluding carboxylic acids is 1. The lowest BCUT2D eigenvalue weighted by molar-refractivity contribution is -0.384. The summed E-state index contributed by atoms with van der Waals surface area (Å²) in [6, 6.07) is 15.7. The molecule has 1 aliphatic carbocycles. The van der Waals surface area contributed by atoms with Gasteiger partial charge in [-0.1, -0.05) is 44.2 Å². The maximum atomic E-state index is 14.1. The van der Waals surface area contributed by atoms with Crippen molar-refractivity contribution >= 4 is 44.9 Å². The lowest BCUT2D eigenvalue weighted by Crippen LogP contribution is -2.39. The Labute approximate surface area is 245 Å².